The maximum atomic E-state index is 12.4. The monoisotopic (exact) mass is 390 g/mol. The molecular formula is C16H15BrN4O3. The van der Waals surface area contributed by atoms with Crippen LogP contribution in [0.2, 0.25) is 0 Å². The van der Waals surface area contributed by atoms with Crippen molar-refractivity contribution in [2.45, 2.75) is 25.8 Å². The van der Waals surface area contributed by atoms with Crippen molar-refractivity contribution >= 4 is 33.3 Å². The van der Waals surface area contributed by atoms with Crippen LogP contribution in [0.15, 0.2) is 44.8 Å². The summed E-state index contributed by atoms with van der Waals surface area (Å²) in [6.07, 6.45) is 2.44. The molecule has 1 unspecified atom stereocenters. The van der Waals surface area contributed by atoms with E-state index < -0.39 is 11.5 Å². The first-order valence-electron chi connectivity index (χ1n) is 7.41. The quantitative estimate of drug-likeness (QED) is 0.785. The van der Waals surface area contributed by atoms with Gasteiger partial charge in [0.05, 0.1) is 5.69 Å². The average molecular weight is 391 g/mol. The van der Waals surface area contributed by atoms with Crippen LogP contribution in [0.1, 0.15) is 42.0 Å². The van der Waals surface area contributed by atoms with E-state index in [0.29, 0.717) is 24.4 Å². The first-order valence-corrected chi connectivity index (χ1v) is 8.20. The zero-order valence-electron chi connectivity index (χ0n) is 12.9. The van der Waals surface area contributed by atoms with Crippen molar-refractivity contribution in [3.8, 4) is 0 Å². The Morgan fingerprint density at radius 2 is 2.21 bits per heavy atom. The molecule has 124 valence electrons. The molecule has 0 radical (unpaired) electrons. The highest BCUT2D eigenvalue weighted by Gasteiger charge is 2.26. The fourth-order valence-corrected chi connectivity index (χ4v) is 2.98. The van der Waals surface area contributed by atoms with Crippen molar-refractivity contribution in [1.82, 2.24) is 9.55 Å². The molecule has 24 heavy (non-hydrogen) atoms. The second kappa shape index (κ2) is 6.56. The lowest BCUT2D eigenvalue weighted by Crippen LogP contribution is -2.37. The van der Waals surface area contributed by atoms with Gasteiger partial charge in [-0.05, 0) is 47.8 Å². The van der Waals surface area contributed by atoms with E-state index in [1.54, 1.807) is 0 Å². The maximum absolute atomic E-state index is 12.4. The van der Waals surface area contributed by atoms with Gasteiger partial charge in [0, 0.05) is 16.7 Å². The number of carboxylic acids is 1. The van der Waals surface area contributed by atoms with Gasteiger partial charge in [-0.2, -0.15) is 5.10 Å². The number of rotatable bonds is 3. The summed E-state index contributed by atoms with van der Waals surface area (Å²) < 4.78 is 2.28. The molecule has 0 fully saturated rings. The lowest BCUT2D eigenvalue weighted by molar-refractivity contribution is 0.0693. The van der Waals surface area contributed by atoms with E-state index in [4.69, 9.17) is 5.11 Å². The molecule has 1 aliphatic heterocycles. The summed E-state index contributed by atoms with van der Waals surface area (Å²) >= 11 is 3.43. The summed E-state index contributed by atoms with van der Waals surface area (Å²) in [7, 11) is 0. The van der Waals surface area contributed by atoms with E-state index in [1.807, 2.05) is 31.2 Å². The Hall–Kier alpha value is -2.48. The summed E-state index contributed by atoms with van der Waals surface area (Å²) in [6.45, 7) is 1.87. The SMILES string of the molecule is CC1CCC(=NNc2ccccc2Br)c2ncc(C(=O)O)c(=O)n21. The maximum Gasteiger partial charge on any atom is 0.342 e. The van der Waals surface area contributed by atoms with Crippen molar-refractivity contribution in [1.29, 1.82) is 0 Å². The van der Waals surface area contributed by atoms with Gasteiger partial charge in [-0.25, -0.2) is 9.78 Å². The molecule has 7 nitrogen and oxygen atoms in total. The van der Waals surface area contributed by atoms with Crippen LogP contribution >= 0.6 is 15.9 Å². The number of halogens is 1. The Morgan fingerprint density at radius 3 is 2.92 bits per heavy atom. The Kier molecular flexibility index (Phi) is 4.48. The molecule has 1 aromatic carbocycles. The molecule has 1 aromatic heterocycles. The Balaban J connectivity index is 2.02. The molecule has 3 rings (SSSR count). The van der Waals surface area contributed by atoms with Gasteiger partial charge in [0.25, 0.3) is 5.56 Å². The second-order valence-corrected chi connectivity index (χ2v) is 6.37. The number of carbonyl (C=O) groups is 1. The van der Waals surface area contributed by atoms with E-state index in [2.05, 4.69) is 31.4 Å². The average Bonchev–Trinajstić information content (AvgIpc) is 2.55. The van der Waals surface area contributed by atoms with Crippen molar-refractivity contribution in [3.63, 3.8) is 0 Å². The van der Waals surface area contributed by atoms with Crippen LogP contribution in [0.5, 0.6) is 0 Å². The third-order valence-electron chi connectivity index (χ3n) is 3.91. The number of benzene rings is 1. The lowest BCUT2D eigenvalue weighted by Gasteiger charge is -2.25. The number of hydrogen-bond donors (Lipinski definition) is 2. The minimum atomic E-state index is -1.27. The number of nitrogens with one attached hydrogen (secondary N) is 1. The predicted molar refractivity (Wildman–Crippen MR) is 93.7 cm³/mol. The predicted octanol–water partition coefficient (Wildman–Crippen LogP) is 2.88. The number of aromatic carboxylic acids is 1. The summed E-state index contributed by atoms with van der Waals surface area (Å²) in [5.74, 6) is -0.867. The number of anilines is 1. The zero-order valence-corrected chi connectivity index (χ0v) is 14.4. The fourth-order valence-electron chi connectivity index (χ4n) is 2.61. The van der Waals surface area contributed by atoms with E-state index in [9.17, 15) is 9.59 Å². The minimum Gasteiger partial charge on any atom is -0.477 e. The summed E-state index contributed by atoms with van der Waals surface area (Å²) in [6, 6.07) is 7.41. The highest BCUT2D eigenvalue weighted by Crippen LogP contribution is 2.24. The van der Waals surface area contributed by atoms with E-state index in [-0.39, 0.29) is 11.6 Å². The standard InChI is InChI=1S/C16H15BrN4O3/c1-9-6-7-13(20-19-12-5-3-2-4-11(12)17)14-18-8-10(16(23)24)15(22)21(9)14/h2-5,8-9,19H,6-7H2,1H3,(H,23,24). The van der Waals surface area contributed by atoms with E-state index in [1.165, 1.54) is 4.57 Å². The summed E-state index contributed by atoms with van der Waals surface area (Å²) in [5.41, 5.74) is 3.50. The lowest BCUT2D eigenvalue weighted by atomic mass is 10.0. The van der Waals surface area contributed by atoms with Crippen LogP contribution in [-0.2, 0) is 0 Å². The molecule has 1 atom stereocenters. The molecular weight excluding hydrogens is 376 g/mol. The molecule has 2 aromatic rings. The largest absolute Gasteiger partial charge is 0.477 e. The third kappa shape index (κ3) is 2.96. The Labute approximate surface area is 146 Å². The van der Waals surface area contributed by atoms with Gasteiger partial charge in [-0.3, -0.25) is 14.8 Å². The van der Waals surface area contributed by atoms with Crippen LogP contribution in [0.3, 0.4) is 0 Å². The molecule has 0 aliphatic carbocycles. The number of carboxylic acid groups (broad SMARTS) is 1. The van der Waals surface area contributed by atoms with Crippen LogP contribution in [0.25, 0.3) is 0 Å². The number of hydrazone groups is 1. The number of fused-ring (bicyclic) bond motifs is 1. The number of aromatic nitrogens is 2. The third-order valence-corrected chi connectivity index (χ3v) is 4.60. The molecule has 2 N–H and O–H groups in total. The van der Waals surface area contributed by atoms with Crippen LogP contribution in [0.4, 0.5) is 5.69 Å². The van der Waals surface area contributed by atoms with Gasteiger partial charge < -0.3 is 5.11 Å². The first kappa shape index (κ1) is 16.4. The van der Waals surface area contributed by atoms with Gasteiger partial charge >= 0.3 is 5.97 Å². The van der Waals surface area contributed by atoms with Crippen molar-refractivity contribution < 1.29 is 9.90 Å². The van der Waals surface area contributed by atoms with Gasteiger partial charge in [-0.1, -0.05) is 12.1 Å². The van der Waals surface area contributed by atoms with Crippen LogP contribution < -0.4 is 11.0 Å². The number of nitrogens with zero attached hydrogens (tertiary/aromatic N) is 3. The van der Waals surface area contributed by atoms with Crippen molar-refractivity contribution in [2.75, 3.05) is 5.43 Å². The van der Waals surface area contributed by atoms with Gasteiger partial charge in [0.1, 0.15) is 11.3 Å². The Morgan fingerprint density at radius 1 is 1.46 bits per heavy atom. The highest BCUT2D eigenvalue weighted by atomic mass is 79.9. The molecule has 0 spiro atoms. The smallest absolute Gasteiger partial charge is 0.342 e. The van der Waals surface area contributed by atoms with Crippen LogP contribution in [0, 0.1) is 0 Å². The highest BCUT2D eigenvalue weighted by molar-refractivity contribution is 9.10. The van der Waals surface area contributed by atoms with Gasteiger partial charge in [0.15, 0.2) is 5.82 Å². The zero-order chi connectivity index (χ0) is 17.3. The van der Waals surface area contributed by atoms with Gasteiger partial charge in [-0.15, -0.1) is 0 Å². The van der Waals surface area contributed by atoms with Crippen molar-refractivity contribution in [2.24, 2.45) is 5.10 Å². The summed E-state index contributed by atoms with van der Waals surface area (Å²) in [5, 5.41) is 13.5. The molecule has 2 heterocycles. The van der Waals surface area contributed by atoms with Gasteiger partial charge in [0.2, 0.25) is 0 Å². The second-order valence-electron chi connectivity index (χ2n) is 5.51. The van der Waals surface area contributed by atoms with Crippen molar-refractivity contribution in [3.05, 3.63) is 56.7 Å². The molecule has 0 saturated carbocycles. The van der Waals surface area contributed by atoms with E-state index >= 15 is 0 Å². The van der Waals surface area contributed by atoms with E-state index in [0.717, 1.165) is 16.4 Å². The minimum absolute atomic E-state index is 0.123. The topological polar surface area (TPSA) is 96.6 Å². The molecule has 8 heteroatoms. The molecule has 0 bridgehead atoms. The Bertz CT molecular complexity index is 891. The number of para-hydroxylation sites is 1. The molecule has 0 saturated heterocycles. The normalized spacial score (nSPS) is 18.2. The molecule has 1 aliphatic rings. The number of hydrogen-bond acceptors (Lipinski definition) is 5. The summed E-state index contributed by atoms with van der Waals surface area (Å²) in [4.78, 5) is 27.7. The molecule has 0 amide bonds. The fraction of sp³-hybridized carbons (Fsp3) is 0.250. The first-order chi connectivity index (χ1) is 11.5. The van der Waals surface area contributed by atoms with Crippen LogP contribution in [-0.4, -0.2) is 26.3 Å².